The average molecular weight is 185 g/mol. The quantitative estimate of drug-likeness (QED) is 0.585. The molecule has 13 heavy (non-hydrogen) atoms. The summed E-state index contributed by atoms with van der Waals surface area (Å²) < 4.78 is 0. The van der Waals surface area contributed by atoms with Crippen LogP contribution >= 0.6 is 0 Å². The summed E-state index contributed by atoms with van der Waals surface area (Å²) in [7, 11) is 0. The molecule has 4 nitrogen and oxygen atoms in total. The molecule has 0 bridgehead atoms. The summed E-state index contributed by atoms with van der Waals surface area (Å²) in [6, 6.07) is 0.810. The molecule has 2 unspecified atom stereocenters. The van der Waals surface area contributed by atoms with Crippen molar-refractivity contribution in [1.82, 2.24) is 16.0 Å². The van der Waals surface area contributed by atoms with Crippen molar-refractivity contribution in [2.45, 2.75) is 38.8 Å². The molecular weight excluding hydrogens is 166 g/mol. The smallest absolute Gasteiger partial charge is 0.314 e. The highest BCUT2D eigenvalue weighted by atomic mass is 16.2. The molecule has 0 aromatic carbocycles. The molecule has 76 valence electrons. The van der Waals surface area contributed by atoms with Gasteiger partial charge in [0.05, 0.1) is 0 Å². The molecule has 0 radical (unpaired) electrons. The minimum absolute atomic E-state index is 0.0402. The highest BCUT2D eigenvalue weighted by molar-refractivity contribution is 5.74. The second-order valence-corrected chi connectivity index (χ2v) is 3.58. The van der Waals surface area contributed by atoms with Crippen LogP contribution < -0.4 is 16.0 Å². The highest BCUT2D eigenvalue weighted by Crippen LogP contribution is 2.07. The lowest BCUT2D eigenvalue weighted by atomic mass is 10.0. The fraction of sp³-hybridized carbons (Fsp3) is 0.889. The van der Waals surface area contributed by atoms with Crippen LogP contribution in [0.4, 0.5) is 4.79 Å². The molecule has 2 amide bonds. The molecule has 1 aliphatic rings. The molecule has 1 rings (SSSR count). The van der Waals surface area contributed by atoms with Gasteiger partial charge in [-0.3, -0.25) is 0 Å². The number of urea groups is 1. The number of carbonyl (C=O) groups is 1. The van der Waals surface area contributed by atoms with Gasteiger partial charge in [-0.2, -0.15) is 0 Å². The largest absolute Gasteiger partial charge is 0.338 e. The van der Waals surface area contributed by atoms with Crippen LogP contribution in [0.3, 0.4) is 0 Å². The zero-order valence-corrected chi connectivity index (χ0v) is 8.39. The maximum atomic E-state index is 11.2. The number of amides is 2. The first-order chi connectivity index (χ1) is 6.22. The third kappa shape index (κ3) is 3.63. The maximum Gasteiger partial charge on any atom is 0.314 e. The second-order valence-electron chi connectivity index (χ2n) is 3.58. The first-order valence-electron chi connectivity index (χ1n) is 5.00. The molecule has 1 saturated heterocycles. The van der Waals surface area contributed by atoms with Crippen LogP contribution in [0.2, 0.25) is 0 Å². The number of carbonyl (C=O) groups excluding carboxylic acids is 1. The standard InChI is InChI=1S/C9H19N3O/c1-3-10-9(13)12-8-4-5-11-7(2)6-8/h7-8,11H,3-6H2,1-2H3,(H2,10,12,13). The SMILES string of the molecule is CCNC(=O)NC1CCNC(C)C1. The van der Waals surface area contributed by atoms with Crippen LogP contribution in [0.15, 0.2) is 0 Å². The van der Waals surface area contributed by atoms with Crippen molar-refractivity contribution in [2.24, 2.45) is 0 Å². The summed E-state index contributed by atoms with van der Waals surface area (Å²) in [5.74, 6) is 0. The molecule has 4 heteroatoms. The van der Waals surface area contributed by atoms with Gasteiger partial charge in [-0.25, -0.2) is 4.79 Å². The van der Waals surface area contributed by atoms with E-state index in [2.05, 4.69) is 22.9 Å². The number of piperidine rings is 1. The van der Waals surface area contributed by atoms with Gasteiger partial charge in [0.15, 0.2) is 0 Å². The fourth-order valence-corrected chi connectivity index (χ4v) is 1.66. The monoisotopic (exact) mass is 185 g/mol. The van der Waals surface area contributed by atoms with Crippen molar-refractivity contribution >= 4 is 6.03 Å². The molecule has 0 aliphatic carbocycles. The zero-order valence-electron chi connectivity index (χ0n) is 8.39. The normalized spacial score (nSPS) is 28.2. The van der Waals surface area contributed by atoms with Crippen LogP contribution in [-0.2, 0) is 0 Å². The predicted octanol–water partition coefficient (Wildman–Crippen LogP) is 0.446. The van der Waals surface area contributed by atoms with Crippen molar-refractivity contribution in [2.75, 3.05) is 13.1 Å². The molecular formula is C9H19N3O. The van der Waals surface area contributed by atoms with E-state index in [0.29, 0.717) is 18.6 Å². The van der Waals surface area contributed by atoms with Crippen molar-refractivity contribution < 1.29 is 4.79 Å². The Morgan fingerprint density at radius 2 is 2.38 bits per heavy atom. The van der Waals surface area contributed by atoms with Crippen LogP contribution in [-0.4, -0.2) is 31.2 Å². The van der Waals surface area contributed by atoms with Crippen molar-refractivity contribution in [3.8, 4) is 0 Å². The zero-order chi connectivity index (χ0) is 9.68. The van der Waals surface area contributed by atoms with E-state index in [0.717, 1.165) is 19.4 Å². The van der Waals surface area contributed by atoms with Gasteiger partial charge >= 0.3 is 6.03 Å². The Kier molecular flexibility index (Phi) is 4.02. The number of hydrogen-bond acceptors (Lipinski definition) is 2. The Balaban J connectivity index is 2.23. The summed E-state index contributed by atoms with van der Waals surface area (Å²) in [5, 5.41) is 9.04. The van der Waals surface area contributed by atoms with Gasteiger partial charge in [0.1, 0.15) is 0 Å². The molecule has 0 aromatic heterocycles. The fourth-order valence-electron chi connectivity index (χ4n) is 1.66. The summed E-state index contributed by atoms with van der Waals surface area (Å²) in [5.41, 5.74) is 0. The van der Waals surface area contributed by atoms with Gasteiger partial charge in [-0.1, -0.05) is 0 Å². The molecule has 3 N–H and O–H groups in total. The molecule has 1 aliphatic heterocycles. The summed E-state index contributed by atoms with van der Waals surface area (Å²) in [6.07, 6.45) is 2.05. The first-order valence-corrected chi connectivity index (χ1v) is 5.00. The van der Waals surface area contributed by atoms with E-state index in [9.17, 15) is 4.79 Å². The number of rotatable bonds is 2. The van der Waals surface area contributed by atoms with Gasteiger partial charge in [0.2, 0.25) is 0 Å². The number of hydrogen-bond donors (Lipinski definition) is 3. The van der Waals surface area contributed by atoms with Crippen molar-refractivity contribution in [3.63, 3.8) is 0 Å². The van der Waals surface area contributed by atoms with Crippen molar-refractivity contribution in [1.29, 1.82) is 0 Å². The summed E-state index contributed by atoms with van der Waals surface area (Å²) in [6.45, 7) is 5.75. The molecule has 1 heterocycles. The van der Waals surface area contributed by atoms with Crippen molar-refractivity contribution in [3.05, 3.63) is 0 Å². The summed E-state index contributed by atoms with van der Waals surface area (Å²) >= 11 is 0. The maximum absolute atomic E-state index is 11.2. The Morgan fingerprint density at radius 1 is 1.62 bits per heavy atom. The molecule has 0 saturated carbocycles. The lowest BCUT2D eigenvalue weighted by molar-refractivity contribution is 0.231. The topological polar surface area (TPSA) is 53.2 Å². The highest BCUT2D eigenvalue weighted by Gasteiger charge is 2.19. The van der Waals surface area contributed by atoms with E-state index in [1.165, 1.54) is 0 Å². The lowest BCUT2D eigenvalue weighted by Crippen LogP contribution is -2.49. The Bertz CT molecular complexity index is 172. The third-order valence-electron chi connectivity index (χ3n) is 2.30. The third-order valence-corrected chi connectivity index (χ3v) is 2.30. The minimum atomic E-state index is -0.0402. The lowest BCUT2D eigenvalue weighted by Gasteiger charge is -2.28. The summed E-state index contributed by atoms with van der Waals surface area (Å²) in [4.78, 5) is 11.2. The van der Waals surface area contributed by atoms with Crippen LogP contribution in [0, 0.1) is 0 Å². The molecule has 0 aromatic rings. The van der Waals surface area contributed by atoms with Gasteiger partial charge in [-0.05, 0) is 33.2 Å². The van der Waals surface area contributed by atoms with E-state index in [4.69, 9.17) is 0 Å². The Morgan fingerprint density at radius 3 is 3.00 bits per heavy atom. The first kappa shape index (κ1) is 10.3. The van der Waals surface area contributed by atoms with E-state index in [1.54, 1.807) is 0 Å². The van der Waals surface area contributed by atoms with E-state index in [1.807, 2.05) is 6.92 Å². The Labute approximate surface area is 79.5 Å². The average Bonchev–Trinajstić information content (AvgIpc) is 2.04. The molecule has 2 atom stereocenters. The van der Waals surface area contributed by atoms with E-state index >= 15 is 0 Å². The van der Waals surface area contributed by atoms with Gasteiger partial charge < -0.3 is 16.0 Å². The molecule has 0 spiro atoms. The second kappa shape index (κ2) is 5.07. The van der Waals surface area contributed by atoms with Gasteiger partial charge in [0.25, 0.3) is 0 Å². The number of nitrogens with one attached hydrogen (secondary N) is 3. The van der Waals surface area contributed by atoms with Crippen LogP contribution in [0.1, 0.15) is 26.7 Å². The van der Waals surface area contributed by atoms with Gasteiger partial charge in [-0.15, -0.1) is 0 Å². The van der Waals surface area contributed by atoms with E-state index in [-0.39, 0.29) is 6.03 Å². The predicted molar refractivity (Wildman–Crippen MR) is 52.7 cm³/mol. The minimum Gasteiger partial charge on any atom is -0.338 e. The molecule has 1 fully saturated rings. The van der Waals surface area contributed by atoms with Gasteiger partial charge in [0, 0.05) is 18.6 Å². The van der Waals surface area contributed by atoms with Crippen LogP contribution in [0.25, 0.3) is 0 Å². The van der Waals surface area contributed by atoms with Crippen LogP contribution in [0.5, 0.6) is 0 Å². The van der Waals surface area contributed by atoms with E-state index < -0.39 is 0 Å². The Hall–Kier alpha value is -0.770.